The van der Waals surface area contributed by atoms with Crippen molar-refractivity contribution in [1.82, 2.24) is 15.5 Å². The zero-order valence-electron chi connectivity index (χ0n) is 16.7. The molecule has 1 aliphatic rings. The smallest absolute Gasteiger partial charge is 0.325 e. The molecule has 0 unspecified atom stereocenters. The number of hydrogen-bond acceptors (Lipinski definition) is 3. The molecule has 3 rings (SSSR count). The van der Waals surface area contributed by atoms with E-state index in [0.717, 1.165) is 16.0 Å². The first-order valence-corrected chi connectivity index (χ1v) is 9.45. The van der Waals surface area contributed by atoms with Crippen LogP contribution in [0.5, 0.6) is 0 Å². The van der Waals surface area contributed by atoms with Crippen molar-refractivity contribution in [3.63, 3.8) is 0 Å². The molecule has 2 N–H and O–H groups in total. The average Bonchev–Trinajstić information content (AvgIpc) is 2.87. The predicted octanol–water partition coefficient (Wildman–Crippen LogP) is 2.65. The maximum atomic E-state index is 14.2. The number of nitrogens with zero attached hydrogens (tertiary/aromatic N) is 1. The van der Waals surface area contributed by atoms with Gasteiger partial charge in [0.2, 0.25) is 5.91 Å². The normalized spacial score (nSPS) is 19.8. The second kappa shape index (κ2) is 8.03. The van der Waals surface area contributed by atoms with E-state index in [1.165, 1.54) is 25.1 Å². The van der Waals surface area contributed by atoms with Crippen molar-refractivity contribution in [3.05, 3.63) is 71.0 Å². The Labute approximate surface area is 169 Å². The van der Waals surface area contributed by atoms with Crippen molar-refractivity contribution in [1.29, 1.82) is 0 Å². The Hall–Kier alpha value is -3.22. The van der Waals surface area contributed by atoms with Crippen LogP contribution in [0, 0.1) is 12.7 Å². The molecule has 2 aromatic carbocycles. The first-order valence-electron chi connectivity index (χ1n) is 9.45. The quantitative estimate of drug-likeness (QED) is 0.736. The van der Waals surface area contributed by atoms with E-state index >= 15 is 0 Å². The van der Waals surface area contributed by atoms with Crippen LogP contribution in [0.3, 0.4) is 0 Å². The number of halogens is 1. The van der Waals surface area contributed by atoms with Gasteiger partial charge < -0.3 is 10.6 Å². The van der Waals surface area contributed by atoms with Crippen LogP contribution in [-0.2, 0) is 21.5 Å². The summed E-state index contributed by atoms with van der Waals surface area (Å²) in [6.07, 6.45) is 0.630. The summed E-state index contributed by atoms with van der Waals surface area (Å²) >= 11 is 0. The summed E-state index contributed by atoms with van der Waals surface area (Å²) in [6.45, 7) is 4.87. The summed E-state index contributed by atoms with van der Waals surface area (Å²) in [5, 5.41) is 5.33. The van der Waals surface area contributed by atoms with Crippen molar-refractivity contribution in [2.75, 3.05) is 6.54 Å². The SMILES string of the molecule is Cc1ccccc1C[C@@H](C)NC(=O)CN1C(=O)N[C@@](C)(c2ccccc2F)C1=O. The van der Waals surface area contributed by atoms with Crippen LogP contribution in [0.1, 0.15) is 30.5 Å². The topological polar surface area (TPSA) is 78.5 Å². The van der Waals surface area contributed by atoms with E-state index in [1.54, 1.807) is 6.07 Å². The van der Waals surface area contributed by atoms with E-state index in [2.05, 4.69) is 10.6 Å². The standard InChI is InChI=1S/C22H24FN3O3/c1-14-8-4-5-9-16(14)12-15(2)24-19(27)13-26-20(28)22(3,25-21(26)29)17-10-6-7-11-18(17)23/h4-11,15H,12-13H2,1-3H3,(H,24,27)(H,25,29)/t15-,22+/m1/s1. The van der Waals surface area contributed by atoms with Crippen molar-refractivity contribution < 1.29 is 18.8 Å². The fraction of sp³-hybridized carbons (Fsp3) is 0.318. The first kappa shape index (κ1) is 20.5. The number of amides is 4. The first-order chi connectivity index (χ1) is 13.7. The molecule has 0 aliphatic carbocycles. The summed E-state index contributed by atoms with van der Waals surface area (Å²) in [4.78, 5) is 38.4. The van der Waals surface area contributed by atoms with Gasteiger partial charge in [-0.3, -0.25) is 14.5 Å². The number of rotatable bonds is 6. The third-order valence-corrected chi connectivity index (χ3v) is 5.18. The second-order valence-electron chi connectivity index (χ2n) is 7.53. The minimum Gasteiger partial charge on any atom is -0.352 e. The van der Waals surface area contributed by atoms with Gasteiger partial charge in [-0.15, -0.1) is 0 Å². The molecular weight excluding hydrogens is 373 g/mol. The molecule has 1 saturated heterocycles. The van der Waals surface area contributed by atoms with Crippen molar-refractivity contribution in [2.24, 2.45) is 0 Å². The highest BCUT2D eigenvalue weighted by Gasteiger charge is 2.50. The highest BCUT2D eigenvalue weighted by atomic mass is 19.1. The molecule has 0 aromatic heterocycles. The number of imide groups is 1. The average molecular weight is 397 g/mol. The summed E-state index contributed by atoms with van der Waals surface area (Å²) in [5.41, 5.74) is 0.759. The van der Waals surface area contributed by atoms with Crippen LogP contribution in [0.15, 0.2) is 48.5 Å². The highest BCUT2D eigenvalue weighted by Crippen LogP contribution is 2.30. The van der Waals surface area contributed by atoms with Crippen LogP contribution in [0.4, 0.5) is 9.18 Å². The molecule has 152 valence electrons. The number of aryl methyl sites for hydroxylation is 1. The number of benzene rings is 2. The van der Waals surface area contributed by atoms with Crippen molar-refractivity contribution >= 4 is 17.8 Å². The molecule has 4 amide bonds. The van der Waals surface area contributed by atoms with Crippen LogP contribution >= 0.6 is 0 Å². The largest absolute Gasteiger partial charge is 0.352 e. The second-order valence-corrected chi connectivity index (χ2v) is 7.53. The molecule has 0 saturated carbocycles. The Morgan fingerprint density at radius 2 is 1.83 bits per heavy atom. The van der Waals surface area contributed by atoms with Crippen LogP contribution in [-0.4, -0.2) is 35.3 Å². The fourth-order valence-electron chi connectivity index (χ4n) is 3.57. The van der Waals surface area contributed by atoms with Gasteiger partial charge in [-0.25, -0.2) is 9.18 Å². The van der Waals surface area contributed by atoms with E-state index in [0.29, 0.717) is 6.42 Å². The van der Waals surface area contributed by atoms with Gasteiger partial charge in [0.15, 0.2) is 0 Å². The Morgan fingerprint density at radius 1 is 1.17 bits per heavy atom. The lowest BCUT2D eigenvalue weighted by molar-refractivity contribution is -0.135. The van der Waals surface area contributed by atoms with E-state index < -0.39 is 35.7 Å². The number of nitrogens with one attached hydrogen (secondary N) is 2. The van der Waals surface area contributed by atoms with Crippen molar-refractivity contribution in [2.45, 2.75) is 38.8 Å². The Kier molecular flexibility index (Phi) is 5.68. The summed E-state index contributed by atoms with van der Waals surface area (Å²) < 4.78 is 14.2. The van der Waals surface area contributed by atoms with E-state index in [4.69, 9.17) is 0 Å². The minimum atomic E-state index is -1.55. The number of hydrogen-bond donors (Lipinski definition) is 2. The van der Waals surface area contributed by atoms with Crippen LogP contribution < -0.4 is 10.6 Å². The molecule has 1 aliphatic heterocycles. The molecule has 1 fully saturated rings. The molecule has 2 atom stereocenters. The zero-order chi connectivity index (χ0) is 21.2. The number of urea groups is 1. The third kappa shape index (κ3) is 4.13. The number of carbonyl (C=O) groups is 3. The summed E-state index contributed by atoms with van der Waals surface area (Å²) in [7, 11) is 0. The molecule has 29 heavy (non-hydrogen) atoms. The van der Waals surface area contributed by atoms with Gasteiger partial charge in [0.1, 0.15) is 17.9 Å². The van der Waals surface area contributed by atoms with E-state index in [1.807, 2.05) is 38.1 Å². The third-order valence-electron chi connectivity index (χ3n) is 5.18. The molecular formula is C22H24FN3O3. The lowest BCUT2D eigenvalue weighted by atomic mass is 9.91. The van der Waals surface area contributed by atoms with Crippen molar-refractivity contribution in [3.8, 4) is 0 Å². The Bertz CT molecular complexity index is 962. The molecule has 1 heterocycles. The molecule has 0 radical (unpaired) electrons. The molecule has 2 aromatic rings. The monoisotopic (exact) mass is 397 g/mol. The van der Waals surface area contributed by atoms with E-state index in [-0.39, 0.29) is 11.6 Å². The van der Waals surface area contributed by atoms with Gasteiger partial charge in [0.25, 0.3) is 5.91 Å². The zero-order valence-corrected chi connectivity index (χ0v) is 16.7. The van der Waals surface area contributed by atoms with Crippen LogP contribution in [0.25, 0.3) is 0 Å². The van der Waals surface area contributed by atoms with Gasteiger partial charge in [0, 0.05) is 11.6 Å². The number of carbonyl (C=O) groups excluding carboxylic acids is 3. The Morgan fingerprint density at radius 3 is 2.52 bits per heavy atom. The Balaban J connectivity index is 1.66. The minimum absolute atomic E-state index is 0.0641. The van der Waals surface area contributed by atoms with Gasteiger partial charge >= 0.3 is 6.03 Å². The molecule has 7 heteroatoms. The lowest BCUT2D eigenvalue weighted by Crippen LogP contribution is -2.45. The van der Waals surface area contributed by atoms with Crippen LogP contribution in [0.2, 0.25) is 0 Å². The molecule has 0 spiro atoms. The van der Waals surface area contributed by atoms with Gasteiger partial charge in [-0.2, -0.15) is 0 Å². The summed E-state index contributed by atoms with van der Waals surface area (Å²) in [6, 6.07) is 12.8. The van der Waals surface area contributed by atoms with Gasteiger partial charge in [0.05, 0.1) is 0 Å². The maximum Gasteiger partial charge on any atom is 0.325 e. The lowest BCUT2D eigenvalue weighted by Gasteiger charge is -2.23. The highest BCUT2D eigenvalue weighted by molar-refractivity contribution is 6.09. The fourth-order valence-corrected chi connectivity index (χ4v) is 3.57. The maximum absolute atomic E-state index is 14.2. The predicted molar refractivity (Wildman–Crippen MR) is 106 cm³/mol. The van der Waals surface area contributed by atoms with E-state index in [9.17, 15) is 18.8 Å². The van der Waals surface area contributed by atoms with Gasteiger partial charge in [-0.05, 0) is 44.4 Å². The molecule has 0 bridgehead atoms. The van der Waals surface area contributed by atoms with Gasteiger partial charge in [-0.1, -0.05) is 42.5 Å². The molecule has 6 nitrogen and oxygen atoms in total. The summed E-state index contributed by atoms with van der Waals surface area (Å²) in [5.74, 6) is -1.71.